The van der Waals surface area contributed by atoms with Gasteiger partial charge in [0, 0.05) is 11.1 Å². The summed E-state index contributed by atoms with van der Waals surface area (Å²) >= 11 is 0. The fraction of sp³-hybridized carbons (Fsp3) is 0.286. The molecule has 1 heterocycles. The molecule has 0 saturated carbocycles. The number of Topliss-reactive ketones (excluding diaryl/α,β-unsaturated/α-hetero) is 1. The average Bonchev–Trinajstić information content (AvgIpc) is 3.27. The van der Waals surface area contributed by atoms with Crippen LogP contribution in [0.1, 0.15) is 40.4 Å². The molecule has 0 saturated heterocycles. The first-order valence-electron chi connectivity index (χ1n) is 9.37. The smallest absolute Gasteiger partial charge is 0.328 e. The van der Waals surface area contributed by atoms with E-state index in [0.29, 0.717) is 11.1 Å². The first kappa shape index (κ1) is 19.3. The third-order valence-corrected chi connectivity index (χ3v) is 6.49. The lowest BCUT2D eigenvalue weighted by Crippen LogP contribution is -2.27. The summed E-state index contributed by atoms with van der Waals surface area (Å²) in [6.45, 7) is 1.13. The van der Waals surface area contributed by atoms with E-state index in [1.807, 2.05) is 12.1 Å². The molecule has 1 atom stereocenters. The van der Waals surface area contributed by atoms with Crippen LogP contribution in [0.3, 0.4) is 0 Å². The zero-order valence-electron chi connectivity index (χ0n) is 15.8. The highest BCUT2D eigenvalue weighted by atomic mass is 32.2. The van der Waals surface area contributed by atoms with Gasteiger partial charge in [-0.2, -0.15) is 0 Å². The molecular weight excluding hydrogens is 392 g/mol. The number of hydrogen-bond donors (Lipinski definition) is 1. The first-order valence-corrected chi connectivity index (χ1v) is 10.9. The van der Waals surface area contributed by atoms with Gasteiger partial charge in [0.1, 0.15) is 12.4 Å². The van der Waals surface area contributed by atoms with Crippen LogP contribution in [0.25, 0.3) is 0 Å². The lowest BCUT2D eigenvalue weighted by atomic mass is 10.0. The van der Waals surface area contributed by atoms with Crippen molar-refractivity contribution in [2.24, 2.45) is 4.99 Å². The van der Waals surface area contributed by atoms with E-state index < -0.39 is 28.6 Å². The normalized spacial score (nSPS) is 18.6. The van der Waals surface area contributed by atoms with E-state index in [1.165, 1.54) is 24.1 Å². The number of fused-ring (bicyclic) bond motifs is 2. The third-order valence-electron chi connectivity index (χ3n) is 5.09. The Morgan fingerprint density at radius 1 is 1.14 bits per heavy atom. The number of esters is 1. The maximum Gasteiger partial charge on any atom is 0.328 e. The number of hydrogen-bond acceptors (Lipinski definition) is 6. The van der Waals surface area contributed by atoms with Crippen LogP contribution in [-0.4, -0.2) is 38.7 Å². The van der Waals surface area contributed by atoms with E-state index in [0.717, 1.165) is 19.3 Å². The molecule has 150 valence electrons. The zero-order chi connectivity index (χ0) is 20.6. The number of ether oxygens (including phenoxy) is 1. The number of benzene rings is 2. The molecule has 2 aromatic carbocycles. The molecule has 0 aromatic heterocycles. The van der Waals surface area contributed by atoms with Crippen molar-refractivity contribution in [1.82, 2.24) is 4.72 Å². The molecule has 0 spiro atoms. The molecule has 2 aliphatic rings. The van der Waals surface area contributed by atoms with E-state index in [2.05, 4.69) is 9.71 Å². The van der Waals surface area contributed by atoms with Gasteiger partial charge in [0.15, 0.2) is 6.10 Å². The zero-order valence-corrected chi connectivity index (χ0v) is 16.7. The van der Waals surface area contributed by atoms with E-state index in [-0.39, 0.29) is 16.5 Å². The van der Waals surface area contributed by atoms with Crippen LogP contribution in [0.5, 0.6) is 0 Å². The number of carbonyl (C=O) groups is 2. The van der Waals surface area contributed by atoms with E-state index >= 15 is 0 Å². The van der Waals surface area contributed by atoms with Crippen LogP contribution < -0.4 is 4.72 Å². The van der Waals surface area contributed by atoms with Gasteiger partial charge in [-0.05, 0) is 55.5 Å². The topological polar surface area (TPSA) is 102 Å². The van der Waals surface area contributed by atoms with Crippen molar-refractivity contribution in [2.45, 2.75) is 37.2 Å². The van der Waals surface area contributed by atoms with Crippen LogP contribution in [0.4, 0.5) is 0 Å². The minimum atomic E-state index is -3.67. The monoisotopic (exact) mass is 412 g/mol. The van der Waals surface area contributed by atoms with Crippen molar-refractivity contribution < 1.29 is 22.7 Å². The van der Waals surface area contributed by atoms with E-state index in [9.17, 15) is 18.0 Å². The Morgan fingerprint density at radius 3 is 2.72 bits per heavy atom. The number of nitrogens with one attached hydrogen (secondary N) is 1. The Balaban J connectivity index is 1.41. The lowest BCUT2D eigenvalue weighted by molar-refractivity contribution is -0.144. The molecule has 0 bridgehead atoms. The van der Waals surface area contributed by atoms with Gasteiger partial charge in [-0.25, -0.2) is 8.42 Å². The number of amidine groups is 1. The largest absolute Gasteiger partial charge is 0.453 e. The van der Waals surface area contributed by atoms with Crippen molar-refractivity contribution in [2.75, 3.05) is 6.54 Å². The maximum absolute atomic E-state index is 12.6. The lowest BCUT2D eigenvalue weighted by Gasteiger charge is -2.12. The molecule has 4 rings (SSSR count). The van der Waals surface area contributed by atoms with Crippen LogP contribution in [-0.2, 0) is 32.4 Å². The molecule has 1 aliphatic heterocycles. The summed E-state index contributed by atoms with van der Waals surface area (Å²) in [7, 11) is -3.67. The molecule has 0 amide bonds. The molecular formula is C21H20N2O5S. The molecule has 1 aliphatic carbocycles. The van der Waals surface area contributed by atoms with Gasteiger partial charge in [0.2, 0.25) is 5.78 Å². The molecule has 7 nitrogen and oxygen atoms in total. The van der Waals surface area contributed by atoms with Crippen LogP contribution in [0, 0.1) is 0 Å². The number of ketones is 1. The summed E-state index contributed by atoms with van der Waals surface area (Å²) in [4.78, 5) is 28.9. The number of aliphatic imine (C=N–C) groups is 1. The summed E-state index contributed by atoms with van der Waals surface area (Å²) in [5, 5.41) is 0. The molecule has 2 aromatic rings. The first-order chi connectivity index (χ1) is 13.8. The van der Waals surface area contributed by atoms with Crippen LogP contribution in [0.15, 0.2) is 52.4 Å². The highest BCUT2D eigenvalue weighted by Crippen LogP contribution is 2.24. The second-order valence-corrected chi connectivity index (χ2v) is 8.75. The average molecular weight is 412 g/mol. The van der Waals surface area contributed by atoms with Gasteiger partial charge >= 0.3 is 5.97 Å². The molecule has 0 unspecified atom stereocenters. The standard InChI is InChI=1S/C21H20N2O5S/c1-13(20(25)16-10-9-14-5-4-6-15(14)11-16)28-19(24)12-22-21-17-7-2-3-8-18(17)29(26,27)23-21/h2-3,7-11,13H,4-6,12H2,1H3,(H,22,23)/t13-/m1/s1. The molecule has 1 N–H and O–H groups in total. The van der Waals surface area contributed by atoms with E-state index in [4.69, 9.17) is 4.74 Å². The Hall–Kier alpha value is -3.00. The van der Waals surface area contributed by atoms with Gasteiger partial charge < -0.3 is 4.74 Å². The minimum Gasteiger partial charge on any atom is -0.453 e. The maximum atomic E-state index is 12.6. The Morgan fingerprint density at radius 2 is 1.90 bits per heavy atom. The fourth-order valence-corrected chi connectivity index (χ4v) is 4.89. The summed E-state index contributed by atoms with van der Waals surface area (Å²) < 4.78 is 31.7. The Labute approximate surface area is 168 Å². The predicted molar refractivity (Wildman–Crippen MR) is 107 cm³/mol. The Kier molecular flexibility index (Phi) is 4.96. The molecule has 0 radical (unpaired) electrons. The van der Waals surface area contributed by atoms with Crippen molar-refractivity contribution >= 4 is 27.6 Å². The summed E-state index contributed by atoms with van der Waals surface area (Å²) in [6, 6.07) is 12.0. The van der Waals surface area contributed by atoms with Crippen molar-refractivity contribution in [1.29, 1.82) is 0 Å². The number of carbonyl (C=O) groups excluding carboxylic acids is 2. The van der Waals surface area contributed by atoms with Crippen molar-refractivity contribution in [3.63, 3.8) is 0 Å². The second-order valence-electron chi connectivity index (χ2n) is 7.10. The van der Waals surface area contributed by atoms with Gasteiger partial charge in [-0.15, -0.1) is 0 Å². The van der Waals surface area contributed by atoms with Gasteiger partial charge in [0.25, 0.3) is 10.0 Å². The second kappa shape index (κ2) is 7.44. The highest BCUT2D eigenvalue weighted by Gasteiger charge is 2.30. The van der Waals surface area contributed by atoms with Crippen molar-refractivity contribution in [3.05, 3.63) is 64.7 Å². The SMILES string of the molecule is C[C@@H](OC(=O)CN=C1NS(=O)(=O)c2ccccc21)C(=O)c1ccc2c(c1)CCC2. The van der Waals surface area contributed by atoms with Crippen molar-refractivity contribution in [3.8, 4) is 0 Å². The molecule has 0 fully saturated rings. The number of sulfonamides is 1. The Bertz CT molecular complexity index is 1140. The minimum absolute atomic E-state index is 0.0927. The third kappa shape index (κ3) is 3.80. The summed E-state index contributed by atoms with van der Waals surface area (Å²) in [5.41, 5.74) is 3.37. The number of nitrogens with zero attached hydrogens (tertiary/aromatic N) is 1. The van der Waals surface area contributed by atoms with Gasteiger partial charge in [-0.1, -0.05) is 24.3 Å². The summed E-state index contributed by atoms with van der Waals surface area (Å²) in [5.74, 6) is -0.883. The number of aryl methyl sites for hydroxylation is 2. The van der Waals surface area contributed by atoms with Gasteiger partial charge in [-0.3, -0.25) is 19.3 Å². The predicted octanol–water partition coefficient (Wildman–Crippen LogP) is 2.03. The van der Waals surface area contributed by atoms with Gasteiger partial charge in [0.05, 0.1) is 4.90 Å². The van der Waals surface area contributed by atoms with E-state index in [1.54, 1.807) is 24.3 Å². The van der Waals surface area contributed by atoms with Crippen LogP contribution in [0.2, 0.25) is 0 Å². The fourth-order valence-electron chi connectivity index (χ4n) is 3.64. The molecule has 29 heavy (non-hydrogen) atoms. The van der Waals surface area contributed by atoms with Crippen LogP contribution >= 0.6 is 0 Å². The number of rotatable bonds is 5. The quantitative estimate of drug-likeness (QED) is 0.598. The molecule has 8 heteroatoms. The highest BCUT2D eigenvalue weighted by molar-refractivity contribution is 7.90. The summed E-state index contributed by atoms with van der Waals surface area (Å²) in [6.07, 6.45) is 2.13.